The van der Waals surface area contributed by atoms with Gasteiger partial charge in [0.1, 0.15) is 13.1 Å². The van der Waals surface area contributed by atoms with Gasteiger partial charge in [0.25, 0.3) is 0 Å². The molecule has 0 fully saturated rings. The summed E-state index contributed by atoms with van der Waals surface area (Å²) in [5.41, 5.74) is 12.1. The van der Waals surface area contributed by atoms with Crippen LogP contribution in [0, 0.1) is 12.0 Å². The molecule has 1 aromatic carbocycles. The zero-order valence-corrected chi connectivity index (χ0v) is 21.4. The van der Waals surface area contributed by atoms with Crippen LogP contribution in [0.1, 0.15) is 81.0 Å². The van der Waals surface area contributed by atoms with Gasteiger partial charge in [0.15, 0.2) is 5.71 Å². The van der Waals surface area contributed by atoms with Crippen LogP contribution in [-0.4, -0.2) is 47.5 Å². The molecule has 0 spiro atoms. The first-order valence-electron chi connectivity index (χ1n) is 13.0. The molecular formula is C29H36CuN2O2+. The van der Waals surface area contributed by atoms with E-state index < -0.39 is 5.97 Å². The summed E-state index contributed by atoms with van der Waals surface area (Å²) < 4.78 is 2.50. The molecule has 34 heavy (non-hydrogen) atoms. The fraction of sp³-hybridized carbons (Fsp3) is 0.586. The van der Waals surface area contributed by atoms with Gasteiger partial charge in [0, 0.05) is 38.0 Å². The molecule has 0 aromatic heterocycles. The minimum atomic E-state index is -0.687. The summed E-state index contributed by atoms with van der Waals surface area (Å²) in [6.07, 6.45) is 15.7. The number of carbonyl (C=O) groups is 1. The number of aryl methyl sites for hydroxylation is 1. The third-order valence-electron chi connectivity index (χ3n) is 8.87. The molecule has 0 amide bonds. The minimum absolute atomic E-state index is 0. The van der Waals surface area contributed by atoms with E-state index in [0.29, 0.717) is 5.92 Å². The van der Waals surface area contributed by atoms with Gasteiger partial charge in [-0.25, -0.2) is 4.58 Å². The van der Waals surface area contributed by atoms with Gasteiger partial charge in [0.2, 0.25) is 0 Å². The minimum Gasteiger partial charge on any atom is -0.481 e. The Labute approximate surface area is 214 Å². The van der Waals surface area contributed by atoms with Crippen molar-refractivity contribution in [3.63, 3.8) is 0 Å². The van der Waals surface area contributed by atoms with Crippen LogP contribution < -0.4 is 4.90 Å². The third kappa shape index (κ3) is 3.80. The van der Waals surface area contributed by atoms with E-state index >= 15 is 0 Å². The summed E-state index contributed by atoms with van der Waals surface area (Å²) in [6.45, 7) is 9.29. The smallest absolute Gasteiger partial charge is 0.481 e. The average Bonchev–Trinajstić information content (AvgIpc) is 2.78. The van der Waals surface area contributed by atoms with Crippen molar-refractivity contribution < 1.29 is 31.5 Å². The summed E-state index contributed by atoms with van der Waals surface area (Å²) in [7, 11) is 0. The SMILES string of the molecule is CC1(C)c2c(cc3c4c2CCCN4CCC3)[C-]=C2C=C3CCC[N+](CCCC(=O)O)=C3CC21.[Cu+]. The van der Waals surface area contributed by atoms with Gasteiger partial charge in [-0.05, 0) is 49.0 Å². The average molecular weight is 508 g/mol. The Morgan fingerprint density at radius 3 is 2.79 bits per heavy atom. The maximum absolute atomic E-state index is 11.1. The molecule has 4 nitrogen and oxygen atoms in total. The standard InChI is InChI=1S/C29H36N2O2.Cu/c1-29(2)24-18-25-19(7-3-11-30(25)12-6-10-26(32)33)15-21(24)17-22-16-20-8-4-13-31-14-5-9-23(27(22)29)28(20)31;/h15-16,24H,3-14,18H2,1-2H3,(H,32,33);/q;+1. The van der Waals surface area contributed by atoms with Crippen LogP contribution in [0.5, 0.6) is 0 Å². The van der Waals surface area contributed by atoms with Gasteiger partial charge >= 0.3 is 23.0 Å². The number of hydrogen-bond acceptors (Lipinski definition) is 2. The van der Waals surface area contributed by atoms with Crippen molar-refractivity contribution in [2.24, 2.45) is 5.92 Å². The molecule has 1 unspecified atom stereocenters. The topological polar surface area (TPSA) is 43.5 Å². The number of carboxylic acid groups (broad SMARTS) is 1. The van der Waals surface area contributed by atoms with Gasteiger partial charge in [-0.1, -0.05) is 25.0 Å². The van der Waals surface area contributed by atoms with Crippen molar-refractivity contribution in [2.45, 2.75) is 77.0 Å². The summed E-state index contributed by atoms with van der Waals surface area (Å²) in [6, 6.07) is 2.48. The van der Waals surface area contributed by atoms with Crippen LogP contribution in [0.2, 0.25) is 0 Å². The second kappa shape index (κ2) is 8.99. The molecule has 6 rings (SSSR count). The number of nitrogens with zero attached hydrogens (tertiary/aromatic N) is 2. The Morgan fingerprint density at radius 2 is 2.00 bits per heavy atom. The van der Waals surface area contributed by atoms with Crippen molar-refractivity contribution in [1.29, 1.82) is 0 Å². The maximum Gasteiger partial charge on any atom is 1.00 e. The molecule has 3 aliphatic heterocycles. The number of benzene rings is 1. The Bertz CT molecular complexity index is 1130. The molecule has 1 atom stereocenters. The van der Waals surface area contributed by atoms with E-state index in [1.165, 1.54) is 61.2 Å². The molecule has 3 heterocycles. The number of rotatable bonds is 4. The first-order chi connectivity index (χ1) is 15.9. The molecule has 2 aliphatic carbocycles. The zero-order valence-electron chi connectivity index (χ0n) is 20.5. The van der Waals surface area contributed by atoms with Gasteiger partial charge in [0.05, 0.1) is 6.42 Å². The maximum atomic E-state index is 11.1. The first-order valence-corrected chi connectivity index (χ1v) is 13.0. The van der Waals surface area contributed by atoms with E-state index in [-0.39, 0.29) is 28.9 Å². The first kappa shape index (κ1) is 23.9. The number of fused-ring (bicyclic) bond motifs is 4. The molecular weight excluding hydrogens is 472 g/mol. The Kier molecular flexibility index (Phi) is 6.31. The molecule has 1 N–H and O–H groups in total. The van der Waals surface area contributed by atoms with Crippen molar-refractivity contribution >= 4 is 17.4 Å². The Balaban J connectivity index is 0.00000241. The number of hydrogen-bond donors (Lipinski definition) is 1. The molecule has 184 valence electrons. The largest absolute Gasteiger partial charge is 1.00 e. The molecule has 0 radical (unpaired) electrons. The summed E-state index contributed by atoms with van der Waals surface area (Å²) in [4.78, 5) is 13.7. The van der Waals surface area contributed by atoms with Crippen molar-refractivity contribution in [3.05, 3.63) is 51.6 Å². The summed E-state index contributed by atoms with van der Waals surface area (Å²) >= 11 is 0. The van der Waals surface area contributed by atoms with Gasteiger partial charge in [-0.15, -0.1) is 34.9 Å². The quantitative estimate of drug-likeness (QED) is 0.361. The van der Waals surface area contributed by atoms with Crippen molar-refractivity contribution in [3.8, 4) is 0 Å². The van der Waals surface area contributed by atoms with Crippen LogP contribution in [0.15, 0.2) is 23.3 Å². The predicted molar refractivity (Wildman–Crippen MR) is 131 cm³/mol. The molecule has 0 saturated heterocycles. The second-order valence-electron chi connectivity index (χ2n) is 11.2. The number of anilines is 1. The van der Waals surface area contributed by atoms with Crippen LogP contribution in [0.4, 0.5) is 5.69 Å². The van der Waals surface area contributed by atoms with E-state index in [2.05, 4.69) is 41.5 Å². The van der Waals surface area contributed by atoms with Crippen LogP contribution in [-0.2, 0) is 40.1 Å². The van der Waals surface area contributed by atoms with Crippen LogP contribution in [0.25, 0.3) is 0 Å². The second-order valence-corrected chi connectivity index (χ2v) is 11.2. The van der Waals surface area contributed by atoms with Crippen LogP contribution >= 0.6 is 0 Å². The Morgan fingerprint density at radius 1 is 1.21 bits per heavy atom. The zero-order chi connectivity index (χ0) is 22.7. The fourth-order valence-electron chi connectivity index (χ4n) is 7.41. The number of allylic oxidation sites excluding steroid dienone is 3. The molecule has 5 aliphatic rings. The van der Waals surface area contributed by atoms with Crippen LogP contribution in [0.3, 0.4) is 0 Å². The van der Waals surface area contributed by atoms with Gasteiger partial charge < -0.3 is 10.0 Å². The molecule has 0 bridgehead atoms. The van der Waals surface area contributed by atoms with Crippen molar-refractivity contribution in [1.82, 2.24) is 0 Å². The number of aliphatic carboxylic acids is 1. The molecule has 5 heteroatoms. The molecule has 1 aromatic rings. The molecule has 0 saturated carbocycles. The predicted octanol–water partition coefficient (Wildman–Crippen LogP) is 4.81. The van der Waals surface area contributed by atoms with E-state index in [4.69, 9.17) is 5.11 Å². The normalized spacial score (nSPS) is 24.1. The van der Waals surface area contributed by atoms with E-state index in [1.54, 1.807) is 22.4 Å². The van der Waals surface area contributed by atoms with Gasteiger partial charge in [-0.2, -0.15) is 0 Å². The van der Waals surface area contributed by atoms with E-state index in [1.807, 2.05) is 0 Å². The summed E-state index contributed by atoms with van der Waals surface area (Å²) in [5.74, 6) is -0.246. The number of carboxylic acids is 1. The third-order valence-corrected chi connectivity index (χ3v) is 8.87. The monoisotopic (exact) mass is 507 g/mol. The van der Waals surface area contributed by atoms with E-state index in [0.717, 1.165) is 38.8 Å². The van der Waals surface area contributed by atoms with E-state index in [9.17, 15) is 4.79 Å². The van der Waals surface area contributed by atoms with Crippen molar-refractivity contribution in [2.75, 3.05) is 31.1 Å². The summed E-state index contributed by atoms with van der Waals surface area (Å²) in [5, 5.41) is 9.10. The fourth-order valence-corrected chi connectivity index (χ4v) is 7.41. The Hall–Kier alpha value is -1.84. The van der Waals surface area contributed by atoms with Gasteiger partial charge in [-0.3, -0.25) is 4.79 Å².